The molecule has 0 saturated heterocycles. The molecular formula is C23H31IN6S. The molecule has 166 valence electrons. The molecule has 1 aliphatic carbocycles. The first-order chi connectivity index (χ1) is 14.8. The number of hydrogen-bond acceptors (Lipinski definition) is 4. The van der Waals surface area contributed by atoms with Crippen LogP contribution in [0.1, 0.15) is 49.5 Å². The van der Waals surface area contributed by atoms with Gasteiger partial charge >= 0.3 is 0 Å². The van der Waals surface area contributed by atoms with Crippen LogP contribution in [0.5, 0.6) is 0 Å². The largest absolute Gasteiger partial charge is 0.357 e. The Morgan fingerprint density at radius 3 is 2.77 bits per heavy atom. The van der Waals surface area contributed by atoms with Gasteiger partial charge in [-0.2, -0.15) is 0 Å². The van der Waals surface area contributed by atoms with Crippen molar-refractivity contribution in [3.8, 4) is 5.82 Å². The van der Waals surface area contributed by atoms with Crippen LogP contribution in [0.15, 0.2) is 59.6 Å². The number of pyridine rings is 1. The number of aromatic nitrogens is 3. The van der Waals surface area contributed by atoms with E-state index in [2.05, 4.69) is 51.1 Å². The van der Waals surface area contributed by atoms with E-state index in [1.807, 2.05) is 34.4 Å². The molecule has 6 nitrogen and oxygen atoms in total. The fourth-order valence-electron chi connectivity index (χ4n) is 4.18. The Morgan fingerprint density at radius 2 is 2.06 bits per heavy atom. The summed E-state index contributed by atoms with van der Waals surface area (Å²) in [6, 6.07) is 8.55. The molecule has 0 radical (unpaired) electrons. The highest BCUT2D eigenvalue weighted by Gasteiger charge is 2.34. The van der Waals surface area contributed by atoms with Crippen LogP contribution >= 0.6 is 35.3 Å². The highest BCUT2D eigenvalue weighted by atomic mass is 127. The number of halogens is 1. The topological polar surface area (TPSA) is 67.1 Å². The van der Waals surface area contributed by atoms with Crippen LogP contribution < -0.4 is 10.6 Å². The van der Waals surface area contributed by atoms with Crippen LogP contribution in [0.2, 0.25) is 0 Å². The Hall–Kier alpha value is -1.94. The van der Waals surface area contributed by atoms with Crippen LogP contribution in [-0.4, -0.2) is 33.6 Å². The van der Waals surface area contributed by atoms with Gasteiger partial charge in [0.15, 0.2) is 5.96 Å². The number of nitrogens with zero attached hydrogens (tertiary/aromatic N) is 4. The molecule has 3 aromatic heterocycles. The maximum atomic E-state index is 4.85. The van der Waals surface area contributed by atoms with Gasteiger partial charge in [0.2, 0.25) is 0 Å². The molecule has 2 N–H and O–H groups in total. The lowest BCUT2D eigenvalue weighted by Crippen LogP contribution is -2.46. The molecule has 0 atom stereocenters. The fourth-order valence-corrected chi connectivity index (χ4v) is 5.17. The molecule has 8 heteroatoms. The minimum Gasteiger partial charge on any atom is -0.357 e. The van der Waals surface area contributed by atoms with Gasteiger partial charge in [0.1, 0.15) is 12.1 Å². The average molecular weight is 551 g/mol. The Bertz CT molecular complexity index is 933. The molecule has 0 unspecified atom stereocenters. The van der Waals surface area contributed by atoms with Crippen molar-refractivity contribution in [2.75, 3.05) is 13.1 Å². The second-order valence-corrected chi connectivity index (χ2v) is 8.81. The summed E-state index contributed by atoms with van der Waals surface area (Å²) >= 11 is 1.89. The van der Waals surface area contributed by atoms with Crippen LogP contribution in [-0.2, 0) is 12.0 Å². The van der Waals surface area contributed by atoms with Gasteiger partial charge in [-0.15, -0.1) is 35.3 Å². The molecule has 3 aromatic rings. The Labute approximate surface area is 205 Å². The molecule has 0 spiro atoms. The summed E-state index contributed by atoms with van der Waals surface area (Å²) in [5, 5.41) is 9.26. The fraction of sp³-hybridized carbons (Fsp3) is 0.435. The summed E-state index contributed by atoms with van der Waals surface area (Å²) in [6.07, 6.45) is 13.7. The summed E-state index contributed by atoms with van der Waals surface area (Å²) in [5.41, 5.74) is 1.35. The van der Waals surface area contributed by atoms with Gasteiger partial charge in [0.05, 0.1) is 6.54 Å². The van der Waals surface area contributed by atoms with Crippen LogP contribution in [0.25, 0.3) is 5.82 Å². The Kier molecular flexibility index (Phi) is 8.89. The first-order valence-electron chi connectivity index (χ1n) is 10.8. The number of aliphatic imine (C=N–C) groups is 1. The van der Waals surface area contributed by atoms with Gasteiger partial charge in [0, 0.05) is 42.0 Å². The summed E-state index contributed by atoms with van der Waals surface area (Å²) in [6.45, 7) is 4.48. The molecule has 4 rings (SSSR count). The standard InChI is InChI=1S/C23H30N6S.HI/c1-2-25-22(27-16-19-8-11-26-21(15-19)29-13-12-24-18-29)28-17-23(9-4-3-5-10-23)20-7-6-14-30-20;/h6-8,11-15,18H,2-5,9-10,16-17H2,1H3,(H2,25,27,28);1H. The molecule has 1 saturated carbocycles. The van der Waals surface area contributed by atoms with E-state index in [0.29, 0.717) is 6.54 Å². The van der Waals surface area contributed by atoms with Gasteiger partial charge in [-0.1, -0.05) is 25.3 Å². The number of nitrogens with one attached hydrogen (secondary N) is 2. The normalized spacial score (nSPS) is 15.8. The molecule has 0 amide bonds. The lowest BCUT2D eigenvalue weighted by molar-refractivity contribution is 0.296. The molecule has 1 aliphatic rings. The number of rotatable bonds is 7. The summed E-state index contributed by atoms with van der Waals surface area (Å²) in [7, 11) is 0. The highest BCUT2D eigenvalue weighted by Crippen LogP contribution is 2.41. The van der Waals surface area contributed by atoms with Gasteiger partial charge in [-0.3, -0.25) is 4.57 Å². The van der Waals surface area contributed by atoms with E-state index in [-0.39, 0.29) is 29.4 Å². The summed E-state index contributed by atoms with van der Waals surface area (Å²) < 4.78 is 1.91. The highest BCUT2D eigenvalue weighted by molar-refractivity contribution is 14.0. The summed E-state index contributed by atoms with van der Waals surface area (Å²) in [4.78, 5) is 14.9. The number of thiophene rings is 1. The van der Waals surface area contributed by atoms with E-state index in [1.54, 1.807) is 12.5 Å². The lowest BCUT2D eigenvalue weighted by Gasteiger charge is -2.37. The van der Waals surface area contributed by atoms with Gasteiger partial charge in [0.25, 0.3) is 0 Å². The molecule has 3 heterocycles. The second-order valence-electron chi connectivity index (χ2n) is 7.86. The monoisotopic (exact) mass is 550 g/mol. The van der Waals surface area contributed by atoms with E-state index >= 15 is 0 Å². The van der Waals surface area contributed by atoms with E-state index in [9.17, 15) is 0 Å². The van der Waals surface area contributed by atoms with E-state index < -0.39 is 0 Å². The third-order valence-electron chi connectivity index (χ3n) is 5.79. The zero-order valence-corrected chi connectivity index (χ0v) is 21.1. The minimum atomic E-state index is 0. The van der Waals surface area contributed by atoms with Crippen molar-refractivity contribution in [1.29, 1.82) is 0 Å². The van der Waals surface area contributed by atoms with Crippen molar-refractivity contribution >= 4 is 41.3 Å². The van der Waals surface area contributed by atoms with E-state index in [4.69, 9.17) is 4.99 Å². The first kappa shape index (κ1) is 23.7. The van der Waals surface area contributed by atoms with Crippen molar-refractivity contribution in [2.45, 2.75) is 51.0 Å². The molecular weight excluding hydrogens is 519 g/mol. The number of hydrogen-bond donors (Lipinski definition) is 2. The zero-order chi connectivity index (χ0) is 20.7. The quantitative estimate of drug-likeness (QED) is 0.250. The van der Waals surface area contributed by atoms with Crippen molar-refractivity contribution in [3.05, 3.63) is 65.0 Å². The van der Waals surface area contributed by atoms with Crippen molar-refractivity contribution in [2.24, 2.45) is 4.99 Å². The second kappa shape index (κ2) is 11.6. The van der Waals surface area contributed by atoms with Crippen molar-refractivity contribution in [3.63, 3.8) is 0 Å². The molecule has 1 fully saturated rings. The molecule has 0 aromatic carbocycles. The van der Waals surface area contributed by atoms with Crippen molar-refractivity contribution < 1.29 is 0 Å². The zero-order valence-electron chi connectivity index (χ0n) is 18.0. The summed E-state index contributed by atoms with van der Waals surface area (Å²) in [5.74, 6) is 1.73. The van der Waals surface area contributed by atoms with Gasteiger partial charge in [-0.05, 0) is 48.9 Å². The van der Waals surface area contributed by atoms with Gasteiger partial charge in [-0.25, -0.2) is 15.0 Å². The Balaban J connectivity index is 0.00000272. The van der Waals surface area contributed by atoms with Crippen LogP contribution in [0.4, 0.5) is 0 Å². The Morgan fingerprint density at radius 1 is 1.19 bits per heavy atom. The SMILES string of the molecule is CCNC(=NCc1ccnc(-n2ccnc2)c1)NCC1(c2cccs2)CCCCC1.I. The third kappa shape index (κ3) is 6.06. The van der Waals surface area contributed by atoms with Crippen molar-refractivity contribution in [1.82, 2.24) is 25.2 Å². The smallest absolute Gasteiger partial charge is 0.191 e. The van der Waals surface area contributed by atoms with E-state index in [1.165, 1.54) is 37.0 Å². The molecule has 0 bridgehead atoms. The average Bonchev–Trinajstić information content (AvgIpc) is 3.51. The van der Waals surface area contributed by atoms with Crippen LogP contribution in [0, 0.1) is 0 Å². The maximum Gasteiger partial charge on any atom is 0.191 e. The van der Waals surface area contributed by atoms with Gasteiger partial charge < -0.3 is 10.6 Å². The number of guanidine groups is 1. The lowest BCUT2D eigenvalue weighted by atomic mass is 9.73. The third-order valence-corrected chi connectivity index (χ3v) is 6.91. The molecule has 31 heavy (non-hydrogen) atoms. The first-order valence-corrected chi connectivity index (χ1v) is 11.7. The minimum absolute atomic E-state index is 0. The maximum absolute atomic E-state index is 4.85. The predicted molar refractivity (Wildman–Crippen MR) is 139 cm³/mol. The number of imidazole rings is 1. The van der Waals surface area contributed by atoms with E-state index in [0.717, 1.165) is 30.4 Å². The van der Waals surface area contributed by atoms with Crippen LogP contribution in [0.3, 0.4) is 0 Å². The molecule has 0 aliphatic heterocycles. The predicted octanol–water partition coefficient (Wildman–Crippen LogP) is 4.90.